The van der Waals surface area contributed by atoms with Gasteiger partial charge in [0.1, 0.15) is 5.01 Å². The van der Waals surface area contributed by atoms with E-state index in [1.165, 1.54) is 0 Å². The first kappa shape index (κ1) is 26.1. The van der Waals surface area contributed by atoms with Crippen LogP contribution in [0.2, 0.25) is 0 Å². The summed E-state index contributed by atoms with van der Waals surface area (Å²) in [5, 5.41) is 11.8. The van der Waals surface area contributed by atoms with Crippen LogP contribution in [0.1, 0.15) is 46.4 Å². The lowest BCUT2D eigenvalue weighted by Gasteiger charge is -2.12. The number of nitrogens with zero attached hydrogens (tertiary/aromatic N) is 2. The van der Waals surface area contributed by atoms with Gasteiger partial charge in [-0.1, -0.05) is 13.8 Å². The lowest BCUT2D eigenvalue weighted by atomic mass is 10.1. The monoisotopic (exact) mass is 555 g/mol. The third kappa shape index (κ3) is 8.09. The van der Waals surface area contributed by atoms with Crippen molar-refractivity contribution in [3.63, 3.8) is 0 Å². The molecule has 1 heterocycles. The average Bonchev–Trinajstić information content (AvgIpc) is 3.16. The molecule has 0 fully saturated rings. The lowest BCUT2D eigenvalue weighted by Crippen LogP contribution is -2.41. The number of alkyl halides is 3. The second-order valence-electron chi connectivity index (χ2n) is 6.50. The van der Waals surface area contributed by atoms with Crippen LogP contribution in [0.15, 0.2) is 34.6 Å². The number of halogens is 4. The molecular formula is C19H25F3IN5OS. The summed E-state index contributed by atoms with van der Waals surface area (Å²) >= 11 is 1.58. The summed E-state index contributed by atoms with van der Waals surface area (Å²) in [4.78, 5) is 20.7. The Morgan fingerprint density at radius 2 is 1.77 bits per heavy atom. The first-order valence-electron chi connectivity index (χ1n) is 9.05. The number of hydrogen-bond donors (Lipinski definition) is 3. The van der Waals surface area contributed by atoms with Gasteiger partial charge in [-0.05, 0) is 30.2 Å². The van der Waals surface area contributed by atoms with Gasteiger partial charge in [0.2, 0.25) is 0 Å². The van der Waals surface area contributed by atoms with E-state index in [1.54, 1.807) is 18.4 Å². The predicted molar refractivity (Wildman–Crippen MR) is 124 cm³/mol. The van der Waals surface area contributed by atoms with Crippen LogP contribution in [-0.2, 0) is 12.7 Å². The molecule has 30 heavy (non-hydrogen) atoms. The van der Waals surface area contributed by atoms with Gasteiger partial charge in [-0.15, -0.1) is 35.3 Å². The average molecular weight is 555 g/mol. The zero-order valence-electron chi connectivity index (χ0n) is 16.8. The minimum absolute atomic E-state index is 0. The normalized spacial score (nSPS) is 11.8. The van der Waals surface area contributed by atoms with Gasteiger partial charge >= 0.3 is 6.18 Å². The molecule has 3 N–H and O–H groups in total. The van der Waals surface area contributed by atoms with Crippen LogP contribution in [0, 0.1) is 0 Å². The van der Waals surface area contributed by atoms with Gasteiger partial charge in [-0.2, -0.15) is 13.2 Å². The van der Waals surface area contributed by atoms with Crippen molar-refractivity contribution in [1.82, 2.24) is 20.9 Å². The van der Waals surface area contributed by atoms with Gasteiger partial charge in [-0.3, -0.25) is 9.79 Å². The molecule has 0 unspecified atom stereocenters. The van der Waals surface area contributed by atoms with Gasteiger partial charge in [0, 0.05) is 31.1 Å². The second-order valence-corrected chi connectivity index (χ2v) is 7.45. The van der Waals surface area contributed by atoms with Gasteiger partial charge in [0.05, 0.1) is 17.8 Å². The number of guanidine groups is 1. The van der Waals surface area contributed by atoms with Crippen LogP contribution in [0.3, 0.4) is 0 Å². The maximum Gasteiger partial charge on any atom is 0.416 e. The number of carbonyl (C=O) groups is 1. The van der Waals surface area contributed by atoms with Crippen molar-refractivity contribution in [1.29, 1.82) is 0 Å². The Hall–Kier alpha value is -1.89. The number of hydrogen-bond acceptors (Lipinski definition) is 4. The standard InChI is InChI=1S/C19H24F3N5OS.HI/c1-12(2)15-11-29-16(27-15)10-26-18(23-3)25-9-8-24-17(28)13-4-6-14(7-5-13)19(20,21)22;/h4-7,11-12H,8-10H2,1-3H3,(H,24,28)(H2,23,25,26);1H. The van der Waals surface area contributed by atoms with Crippen molar-refractivity contribution in [2.45, 2.75) is 32.5 Å². The van der Waals surface area contributed by atoms with Gasteiger partial charge in [0.15, 0.2) is 5.96 Å². The van der Waals surface area contributed by atoms with E-state index in [9.17, 15) is 18.0 Å². The number of carbonyl (C=O) groups excluding carboxylic acids is 1. The highest BCUT2D eigenvalue weighted by Crippen LogP contribution is 2.29. The van der Waals surface area contributed by atoms with E-state index in [1.807, 2.05) is 5.38 Å². The SMILES string of the molecule is CN=C(NCCNC(=O)c1ccc(C(F)(F)F)cc1)NCc1nc(C(C)C)cs1.I. The molecule has 166 valence electrons. The molecule has 2 rings (SSSR count). The largest absolute Gasteiger partial charge is 0.416 e. The molecule has 1 aromatic heterocycles. The molecule has 0 saturated heterocycles. The summed E-state index contributed by atoms with van der Waals surface area (Å²) < 4.78 is 37.7. The summed E-state index contributed by atoms with van der Waals surface area (Å²) in [6.45, 7) is 5.41. The quantitative estimate of drug-likeness (QED) is 0.209. The molecule has 0 spiro atoms. The topological polar surface area (TPSA) is 78.4 Å². The van der Waals surface area contributed by atoms with E-state index in [2.05, 4.69) is 39.8 Å². The Morgan fingerprint density at radius 1 is 1.13 bits per heavy atom. The van der Waals surface area contributed by atoms with Gasteiger partial charge < -0.3 is 16.0 Å². The van der Waals surface area contributed by atoms with Crippen molar-refractivity contribution in [2.75, 3.05) is 20.1 Å². The summed E-state index contributed by atoms with van der Waals surface area (Å²) in [5.74, 6) is 0.508. The minimum Gasteiger partial charge on any atom is -0.355 e. The van der Waals surface area contributed by atoms with Crippen molar-refractivity contribution in [2.24, 2.45) is 4.99 Å². The number of rotatable bonds is 7. The van der Waals surface area contributed by atoms with Crippen LogP contribution < -0.4 is 16.0 Å². The fourth-order valence-electron chi connectivity index (χ4n) is 2.32. The first-order valence-corrected chi connectivity index (χ1v) is 9.93. The predicted octanol–water partition coefficient (Wildman–Crippen LogP) is 4.00. The number of thiazole rings is 1. The van der Waals surface area contributed by atoms with E-state index < -0.39 is 17.6 Å². The minimum atomic E-state index is -4.42. The van der Waals surface area contributed by atoms with Gasteiger partial charge in [-0.25, -0.2) is 4.98 Å². The highest BCUT2D eigenvalue weighted by Gasteiger charge is 2.30. The Kier molecular flexibility index (Phi) is 10.5. The number of amides is 1. The van der Waals surface area contributed by atoms with Crippen LogP contribution >= 0.6 is 35.3 Å². The van der Waals surface area contributed by atoms with Crippen LogP contribution in [-0.4, -0.2) is 37.0 Å². The van der Waals surface area contributed by atoms with Gasteiger partial charge in [0.25, 0.3) is 5.91 Å². The first-order chi connectivity index (χ1) is 13.7. The molecule has 2 aromatic rings. The van der Waals surface area contributed by atoms with Crippen molar-refractivity contribution >= 4 is 47.2 Å². The molecule has 6 nitrogen and oxygen atoms in total. The molecular weight excluding hydrogens is 530 g/mol. The number of aliphatic imine (C=N–C) groups is 1. The summed E-state index contributed by atoms with van der Waals surface area (Å²) in [6.07, 6.45) is -4.42. The molecule has 1 aromatic carbocycles. The van der Waals surface area contributed by atoms with E-state index in [0.29, 0.717) is 25.0 Å². The summed E-state index contributed by atoms with van der Waals surface area (Å²) in [6, 6.07) is 4.10. The molecule has 0 saturated carbocycles. The maximum absolute atomic E-state index is 12.6. The fourth-order valence-corrected chi connectivity index (χ4v) is 3.22. The summed E-state index contributed by atoms with van der Waals surface area (Å²) in [5.41, 5.74) is 0.442. The van der Waals surface area contributed by atoms with E-state index in [-0.39, 0.29) is 36.1 Å². The molecule has 0 atom stereocenters. The zero-order valence-corrected chi connectivity index (χ0v) is 20.0. The Labute approximate surface area is 194 Å². The van der Waals surface area contributed by atoms with E-state index >= 15 is 0 Å². The zero-order chi connectivity index (χ0) is 21.4. The van der Waals surface area contributed by atoms with Crippen molar-refractivity contribution < 1.29 is 18.0 Å². The van der Waals surface area contributed by atoms with Crippen LogP contribution in [0.25, 0.3) is 0 Å². The smallest absolute Gasteiger partial charge is 0.355 e. The Morgan fingerprint density at radius 3 is 2.30 bits per heavy atom. The summed E-state index contributed by atoms with van der Waals surface area (Å²) in [7, 11) is 1.64. The molecule has 11 heteroatoms. The molecule has 0 aliphatic carbocycles. The van der Waals surface area contributed by atoms with Crippen LogP contribution in [0.5, 0.6) is 0 Å². The highest BCUT2D eigenvalue weighted by atomic mass is 127. The Balaban J connectivity index is 0.00000450. The maximum atomic E-state index is 12.6. The van der Waals surface area contributed by atoms with Crippen LogP contribution in [0.4, 0.5) is 13.2 Å². The molecule has 0 bridgehead atoms. The number of benzene rings is 1. The number of nitrogens with one attached hydrogen (secondary N) is 3. The van der Waals surface area contributed by atoms with Crippen molar-refractivity contribution in [3.05, 3.63) is 51.5 Å². The Bertz CT molecular complexity index is 837. The molecule has 0 aliphatic rings. The van der Waals surface area contributed by atoms with E-state index in [0.717, 1.165) is 35.0 Å². The third-order valence-corrected chi connectivity index (χ3v) is 4.84. The van der Waals surface area contributed by atoms with E-state index in [4.69, 9.17) is 0 Å². The number of aromatic nitrogens is 1. The molecule has 1 amide bonds. The molecule has 0 aliphatic heterocycles. The third-order valence-electron chi connectivity index (χ3n) is 3.97. The fraction of sp³-hybridized carbons (Fsp3) is 0.421. The lowest BCUT2D eigenvalue weighted by molar-refractivity contribution is -0.137. The molecule has 0 radical (unpaired) electrons. The highest BCUT2D eigenvalue weighted by molar-refractivity contribution is 14.0. The second kappa shape index (κ2) is 12.1. The van der Waals surface area contributed by atoms with Crippen molar-refractivity contribution in [3.8, 4) is 0 Å².